The highest BCUT2D eigenvalue weighted by molar-refractivity contribution is 6.00. The van der Waals surface area contributed by atoms with Gasteiger partial charge in [-0.25, -0.2) is 0 Å². The Kier molecular flexibility index (Phi) is 6.39. The van der Waals surface area contributed by atoms with Crippen molar-refractivity contribution in [2.75, 3.05) is 32.1 Å². The molecule has 29 heavy (non-hydrogen) atoms. The second-order valence-electron chi connectivity index (χ2n) is 6.39. The molecule has 3 aromatic rings. The monoisotopic (exact) mass is 396 g/mol. The lowest BCUT2D eigenvalue weighted by Gasteiger charge is -2.16. The summed E-state index contributed by atoms with van der Waals surface area (Å²) in [5.74, 6) is 0.672. The molecule has 3 rings (SSSR count). The highest BCUT2D eigenvalue weighted by atomic mass is 16.5. The minimum atomic E-state index is -0.363. The number of carbonyl (C=O) groups is 2. The van der Waals surface area contributed by atoms with E-state index in [1.165, 1.54) is 4.90 Å². The topological polar surface area (TPSA) is 81.0 Å². The highest BCUT2D eigenvalue weighted by Crippen LogP contribution is 2.30. The Labute approximate surface area is 169 Å². The standard InChI is InChI=1S/C22H24N2O5/c1-4-27-18-11-10-16(13-19(18)28-5-2)23-21(25)14-24(3)22(26)20-12-15-8-6-7-9-17(15)29-20/h6-13H,4-5,14H2,1-3H3,(H,23,25). The molecule has 1 N–H and O–H groups in total. The maximum atomic E-state index is 12.6. The molecule has 7 nitrogen and oxygen atoms in total. The zero-order valence-electron chi connectivity index (χ0n) is 16.7. The fraction of sp³-hybridized carbons (Fsp3) is 0.273. The molecule has 0 aliphatic carbocycles. The quantitative estimate of drug-likeness (QED) is 0.624. The van der Waals surface area contributed by atoms with Crippen molar-refractivity contribution in [2.45, 2.75) is 13.8 Å². The van der Waals surface area contributed by atoms with Gasteiger partial charge in [0.2, 0.25) is 5.91 Å². The third-order valence-corrected chi connectivity index (χ3v) is 4.19. The van der Waals surface area contributed by atoms with Gasteiger partial charge in [0.05, 0.1) is 19.8 Å². The normalized spacial score (nSPS) is 10.6. The van der Waals surface area contributed by atoms with E-state index in [1.54, 1.807) is 37.4 Å². The summed E-state index contributed by atoms with van der Waals surface area (Å²) in [5.41, 5.74) is 1.19. The van der Waals surface area contributed by atoms with Crippen LogP contribution in [0.25, 0.3) is 11.0 Å². The number of fused-ring (bicyclic) bond motifs is 1. The van der Waals surface area contributed by atoms with Gasteiger partial charge < -0.3 is 24.1 Å². The summed E-state index contributed by atoms with van der Waals surface area (Å²) in [6.45, 7) is 4.64. The van der Waals surface area contributed by atoms with E-state index in [9.17, 15) is 9.59 Å². The Bertz CT molecular complexity index is 978. The lowest BCUT2D eigenvalue weighted by molar-refractivity contribution is -0.116. The number of nitrogens with one attached hydrogen (secondary N) is 1. The van der Waals surface area contributed by atoms with Crippen LogP contribution in [-0.2, 0) is 4.79 Å². The van der Waals surface area contributed by atoms with Gasteiger partial charge in [0, 0.05) is 24.2 Å². The summed E-state index contributed by atoms with van der Waals surface area (Å²) in [6.07, 6.45) is 0. The third-order valence-electron chi connectivity index (χ3n) is 4.19. The summed E-state index contributed by atoms with van der Waals surface area (Å²) >= 11 is 0. The summed E-state index contributed by atoms with van der Waals surface area (Å²) in [5, 5.41) is 3.61. The zero-order chi connectivity index (χ0) is 20.8. The van der Waals surface area contributed by atoms with E-state index in [1.807, 2.05) is 32.0 Å². The molecule has 0 aliphatic rings. The number of anilines is 1. The van der Waals surface area contributed by atoms with Gasteiger partial charge >= 0.3 is 0 Å². The van der Waals surface area contributed by atoms with E-state index in [2.05, 4.69) is 5.32 Å². The van der Waals surface area contributed by atoms with E-state index in [-0.39, 0.29) is 24.1 Å². The van der Waals surface area contributed by atoms with Crippen molar-refractivity contribution in [3.05, 3.63) is 54.3 Å². The SMILES string of the molecule is CCOc1ccc(NC(=O)CN(C)C(=O)c2cc3ccccc3o2)cc1OCC. The lowest BCUT2D eigenvalue weighted by atomic mass is 10.2. The molecule has 0 bridgehead atoms. The second-order valence-corrected chi connectivity index (χ2v) is 6.39. The van der Waals surface area contributed by atoms with Gasteiger partial charge in [-0.05, 0) is 38.1 Å². The molecule has 0 atom stereocenters. The van der Waals surface area contributed by atoms with Gasteiger partial charge in [0.15, 0.2) is 17.3 Å². The van der Waals surface area contributed by atoms with Crippen LogP contribution in [0.1, 0.15) is 24.4 Å². The van der Waals surface area contributed by atoms with E-state index in [0.717, 1.165) is 5.39 Å². The maximum absolute atomic E-state index is 12.6. The van der Waals surface area contributed by atoms with Crippen LogP contribution in [0.3, 0.4) is 0 Å². The molecular weight excluding hydrogens is 372 g/mol. The van der Waals surface area contributed by atoms with Crippen LogP contribution in [0.4, 0.5) is 5.69 Å². The molecule has 0 saturated heterocycles. The molecule has 0 spiro atoms. The van der Waals surface area contributed by atoms with Crippen LogP contribution in [-0.4, -0.2) is 43.5 Å². The van der Waals surface area contributed by atoms with Crippen molar-refractivity contribution < 1.29 is 23.5 Å². The number of hydrogen-bond donors (Lipinski definition) is 1. The van der Waals surface area contributed by atoms with Crippen molar-refractivity contribution in [1.29, 1.82) is 0 Å². The zero-order valence-corrected chi connectivity index (χ0v) is 16.7. The lowest BCUT2D eigenvalue weighted by Crippen LogP contribution is -2.34. The summed E-state index contributed by atoms with van der Waals surface area (Å²) in [7, 11) is 1.55. The number of rotatable bonds is 8. The first-order chi connectivity index (χ1) is 14.0. The van der Waals surface area contributed by atoms with Gasteiger partial charge in [-0.1, -0.05) is 18.2 Å². The Morgan fingerprint density at radius 3 is 2.45 bits per heavy atom. The van der Waals surface area contributed by atoms with Crippen LogP contribution in [0.15, 0.2) is 52.9 Å². The van der Waals surface area contributed by atoms with E-state index >= 15 is 0 Å². The molecule has 0 radical (unpaired) electrons. The summed E-state index contributed by atoms with van der Waals surface area (Å²) < 4.78 is 16.7. The molecule has 0 fully saturated rings. The molecule has 7 heteroatoms. The number of furan rings is 1. The number of hydrogen-bond acceptors (Lipinski definition) is 5. The molecule has 0 saturated carbocycles. The third kappa shape index (κ3) is 4.87. The number of ether oxygens (including phenoxy) is 2. The fourth-order valence-electron chi connectivity index (χ4n) is 2.89. The molecule has 1 heterocycles. The van der Waals surface area contributed by atoms with Crippen molar-refractivity contribution in [1.82, 2.24) is 4.90 Å². The maximum Gasteiger partial charge on any atom is 0.289 e. The van der Waals surface area contributed by atoms with Crippen LogP contribution in [0, 0.1) is 0 Å². The largest absolute Gasteiger partial charge is 0.490 e. The number of likely N-dealkylation sites (N-methyl/N-ethyl adjacent to an activating group) is 1. The Hall–Kier alpha value is -3.48. The number of benzene rings is 2. The molecule has 2 amide bonds. The van der Waals surface area contributed by atoms with E-state index < -0.39 is 0 Å². The summed E-state index contributed by atoms with van der Waals surface area (Å²) in [6, 6.07) is 14.2. The first-order valence-electron chi connectivity index (χ1n) is 9.45. The first kappa shape index (κ1) is 20.3. The fourth-order valence-corrected chi connectivity index (χ4v) is 2.89. The van der Waals surface area contributed by atoms with Crippen LogP contribution in [0.2, 0.25) is 0 Å². The highest BCUT2D eigenvalue weighted by Gasteiger charge is 2.19. The van der Waals surface area contributed by atoms with Gasteiger partial charge in [-0.15, -0.1) is 0 Å². The summed E-state index contributed by atoms with van der Waals surface area (Å²) in [4.78, 5) is 26.3. The Morgan fingerprint density at radius 1 is 1.00 bits per heavy atom. The molecule has 0 unspecified atom stereocenters. The van der Waals surface area contributed by atoms with Crippen molar-refractivity contribution in [3.8, 4) is 11.5 Å². The smallest absolute Gasteiger partial charge is 0.289 e. The number of amides is 2. The Morgan fingerprint density at radius 2 is 1.72 bits per heavy atom. The molecular formula is C22H24N2O5. The van der Waals surface area contributed by atoms with Gasteiger partial charge in [-0.3, -0.25) is 9.59 Å². The minimum absolute atomic E-state index is 0.118. The average Bonchev–Trinajstić information content (AvgIpc) is 3.13. The van der Waals surface area contributed by atoms with Crippen molar-refractivity contribution in [3.63, 3.8) is 0 Å². The van der Waals surface area contributed by atoms with Crippen LogP contribution in [0.5, 0.6) is 11.5 Å². The predicted octanol–water partition coefficient (Wildman–Crippen LogP) is 3.94. The number of nitrogens with zero attached hydrogens (tertiary/aromatic N) is 1. The molecule has 1 aromatic heterocycles. The molecule has 0 aliphatic heterocycles. The number of carbonyl (C=O) groups excluding carboxylic acids is 2. The number of para-hydroxylation sites is 1. The minimum Gasteiger partial charge on any atom is -0.490 e. The first-order valence-corrected chi connectivity index (χ1v) is 9.45. The van der Waals surface area contributed by atoms with Gasteiger partial charge in [0.25, 0.3) is 5.91 Å². The van der Waals surface area contributed by atoms with E-state index in [0.29, 0.717) is 36.0 Å². The second kappa shape index (κ2) is 9.14. The van der Waals surface area contributed by atoms with Crippen LogP contribution < -0.4 is 14.8 Å². The van der Waals surface area contributed by atoms with Crippen molar-refractivity contribution in [2.24, 2.45) is 0 Å². The molecule has 152 valence electrons. The average molecular weight is 396 g/mol. The van der Waals surface area contributed by atoms with Gasteiger partial charge in [-0.2, -0.15) is 0 Å². The molecule has 2 aromatic carbocycles. The van der Waals surface area contributed by atoms with Crippen molar-refractivity contribution >= 4 is 28.5 Å². The van der Waals surface area contributed by atoms with E-state index in [4.69, 9.17) is 13.9 Å². The Balaban J connectivity index is 1.65. The van der Waals surface area contributed by atoms with Crippen LogP contribution >= 0.6 is 0 Å². The van der Waals surface area contributed by atoms with Gasteiger partial charge in [0.1, 0.15) is 5.58 Å². The predicted molar refractivity (Wildman–Crippen MR) is 111 cm³/mol.